The number of anilines is 1. The first-order chi connectivity index (χ1) is 21.6. The van der Waals surface area contributed by atoms with Crippen LogP contribution in [0.5, 0.6) is 5.75 Å². The number of carbonyl (C=O) groups excluding carboxylic acids is 2. The van der Waals surface area contributed by atoms with Crippen LogP contribution in [0.3, 0.4) is 0 Å². The number of nitrogens with zero attached hydrogens (tertiary/aromatic N) is 2. The van der Waals surface area contributed by atoms with Crippen LogP contribution in [0.1, 0.15) is 56.1 Å². The standard InChI is InChI=1S/C34H41Cl2N3O5S/c1-44-32-17-10-9-16-30(32)39(45(2,42)43)21-11-18-33(40)38(24-26-19-20-28(35)29(36)22-26)31(23-25-12-5-3-6-13-25)34(41)37-27-14-7-4-8-15-27/h3,5-6,9-10,12-13,16-17,19-20,22,27,31H,4,7-8,11,14-15,18,21,23-24H2,1-2H3,(H,37,41). The average molecular weight is 675 g/mol. The summed E-state index contributed by atoms with van der Waals surface area (Å²) in [6.45, 7) is 0.191. The number of halogens is 2. The highest BCUT2D eigenvalue weighted by Gasteiger charge is 2.32. The molecule has 0 aliphatic heterocycles. The van der Waals surface area contributed by atoms with Crippen molar-refractivity contribution in [1.82, 2.24) is 10.2 Å². The van der Waals surface area contributed by atoms with E-state index in [0.717, 1.165) is 49.5 Å². The number of carbonyl (C=O) groups is 2. The van der Waals surface area contributed by atoms with Gasteiger partial charge in [0.25, 0.3) is 0 Å². The maximum Gasteiger partial charge on any atom is 0.243 e. The zero-order valence-corrected chi connectivity index (χ0v) is 28.1. The zero-order valence-electron chi connectivity index (χ0n) is 25.8. The van der Waals surface area contributed by atoms with Gasteiger partial charge < -0.3 is 15.0 Å². The maximum absolute atomic E-state index is 14.1. The van der Waals surface area contributed by atoms with Gasteiger partial charge in [-0.2, -0.15) is 0 Å². The molecule has 2 amide bonds. The van der Waals surface area contributed by atoms with E-state index in [2.05, 4.69) is 5.32 Å². The molecule has 3 aromatic carbocycles. The molecular formula is C34H41Cl2N3O5S. The van der Waals surface area contributed by atoms with E-state index >= 15 is 0 Å². The number of sulfonamides is 1. The molecule has 0 saturated heterocycles. The third-order valence-electron chi connectivity index (χ3n) is 8.07. The summed E-state index contributed by atoms with van der Waals surface area (Å²) in [4.78, 5) is 29.7. The van der Waals surface area contributed by atoms with Gasteiger partial charge in [0.2, 0.25) is 21.8 Å². The van der Waals surface area contributed by atoms with E-state index in [1.165, 1.54) is 11.4 Å². The van der Waals surface area contributed by atoms with E-state index in [4.69, 9.17) is 27.9 Å². The fraction of sp³-hybridized carbons (Fsp3) is 0.412. The van der Waals surface area contributed by atoms with Crippen molar-refractivity contribution in [2.75, 3.05) is 24.2 Å². The van der Waals surface area contributed by atoms with Crippen molar-refractivity contribution in [2.45, 2.75) is 70.0 Å². The summed E-state index contributed by atoms with van der Waals surface area (Å²) in [6.07, 6.45) is 6.79. The largest absolute Gasteiger partial charge is 0.495 e. The van der Waals surface area contributed by atoms with Crippen LogP contribution in [0.15, 0.2) is 72.8 Å². The second-order valence-electron chi connectivity index (χ2n) is 11.4. The number of amides is 2. The van der Waals surface area contributed by atoms with E-state index < -0.39 is 16.1 Å². The molecule has 11 heteroatoms. The third kappa shape index (κ3) is 9.86. The van der Waals surface area contributed by atoms with Crippen molar-refractivity contribution < 1.29 is 22.7 Å². The van der Waals surface area contributed by atoms with Crippen LogP contribution in [0, 0.1) is 0 Å². The van der Waals surface area contributed by atoms with Crippen molar-refractivity contribution in [2.24, 2.45) is 0 Å². The van der Waals surface area contributed by atoms with Crippen LogP contribution in [0.4, 0.5) is 5.69 Å². The first-order valence-corrected chi connectivity index (χ1v) is 17.9. The number of para-hydroxylation sites is 2. The van der Waals surface area contributed by atoms with Gasteiger partial charge in [0.15, 0.2) is 0 Å². The van der Waals surface area contributed by atoms with E-state index in [1.54, 1.807) is 47.4 Å². The minimum absolute atomic E-state index is 0.0183. The van der Waals surface area contributed by atoms with Crippen molar-refractivity contribution in [3.8, 4) is 5.75 Å². The van der Waals surface area contributed by atoms with E-state index in [-0.39, 0.29) is 43.8 Å². The summed E-state index contributed by atoms with van der Waals surface area (Å²) >= 11 is 12.5. The van der Waals surface area contributed by atoms with Gasteiger partial charge in [-0.25, -0.2) is 8.42 Å². The predicted octanol–water partition coefficient (Wildman–Crippen LogP) is 6.64. The van der Waals surface area contributed by atoms with Crippen LogP contribution in [-0.4, -0.2) is 57.1 Å². The lowest BCUT2D eigenvalue weighted by Crippen LogP contribution is -2.53. The summed E-state index contributed by atoms with van der Waals surface area (Å²) in [5.41, 5.74) is 2.05. The molecule has 0 aromatic heterocycles. The lowest BCUT2D eigenvalue weighted by molar-refractivity contribution is -0.141. The normalized spacial score (nSPS) is 14.4. The van der Waals surface area contributed by atoms with Gasteiger partial charge in [0.05, 0.1) is 29.1 Å². The minimum Gasteiger partial charge on any atom is -0.495 e. The summed E-state index contributed by atoms with van der Waals surface area (Å²) in [5, 5.41) is 3.98. The Morgan fingerprint density at radius 3 is 2.29 bits per heavy atom. The van der Waals surface area contributed by atoms with Gasteiger partial charge in [0, 0.05) is 32.0 Å². The molecule has 1 saturated carbocycles. The fourth-order valence-corrected chi connectivity index (χ4v) is 7.04. The number of nitrogens with one attached hydrogen (secondary N) is 1. The Morgan fingerprint density at radius 2 is 1.62 bits per heavy atom. The molecule has 1 aliphatic carbocycles. The topological polar surface area (TPSA) is 96.0 Å². The monoisotopic (exact) mass is 673 g/mol. The minimum atomic E-state index is -3.68. The number of rotatable bonds is 14. The lowest BCUT2D eigenvalue weighted by Gasteiger charge is -2.34. The number of hydrogen-bond acceptors (Lipinski definition) is 5. The Labute approximate surface area is 276 Å². The maximum atomic E-state index is 14.1. The van der Waals surface area contributed by atoms with Crippen molar-refractivity contribution in [3.05, 3.63) is 94.0 Å². The van der Waals surface area contributed by atoms with E-state index in [1.807, 2.05) is 30.3 Å². The first kappa shape index (κ1) is 34.6. The molecule has 1 unspecified atom stereocenters. The second kappa shape index (κ2) is 16.3. The first-order valence-electron chi connectivity index (χ1n) is 15.2. The molecule has 1 fully saturated rings. The van der Waals surface area contributed by atoms with Gasteiger partial charge in [-0.3, -0.25) is 13.9 Å². The average Bonchev–Trinajstić information content (AvgIpc) is 3.03. The molecule has 1 atom stereocenters. The predicted molar refractivity (Wildman–Crippen MR) is 180 cm³/mol. The number of methoxy groups -OCH3 is 1. The molecule has 3 aromatic rings. The Morgan fingerprint density at radius 1 is 0.933 bits per heavy atom. The van der Waals surface area contributed by atoms with Crippen molar-refractivity contribution in [1.29, 1.82) is 0 Å². The van der Waals surface area contributed by atoms with Crippen molar-refractivity contribution >= 4 is 50.7 Å². The van der Waals surface area contributed by atoms with Gasteiger partial charge in [-0.05, 0) is 54.7 Å². The quantitative estimate of drug-likeness (QED) is 0.207. The highest BCUT2D eigenvalue weighted by Crippen LogP contribution is 2.30. The molecular weight excluding hydrogens is 633 g/mol. The molecule has 242 valence electrons. The Bertz CT molecular complexity index is 1550. The third-order valence-corrected chi connectivity index (χ3v) is 9.98. The lowest BCUT2D eigenvalue weighted by atomic mass is 9.94. The summed E-state index contributed by atoms with van der Waals surface area (Å²) in [6, 6.07) is 20.9. The van der Waals surface area contributed by atoms with Crippen LogP contribution in [0.2, 0.25) is 10.0 Å². The molecule has 0 bridgehead atoms. The van der Waals surface area contributed by atoms with Crippen LogP contribution >= 0.6 is 23.2 Å². The molecule has 0 spiro atoms. The molecule has 45 heavy (non-hydrogen) atoms. The van der Waals surface area contributed by atoms with Gasteiger partial charge in [-0.1, -0.05) is 91.0 Å². The SMILES string of the molecule is COc1ccccc1N(CCCC(=O)N(Cc1ccc(Cl)c(Cl)c1)C(Cc1ccccc1)C(=O)NC1CCCCC1)S(C)(=O)=O. The zero-order chi connectivity index (χ0) is 32.4. The van der Waals surface area contributed by atoms with Gasteiger partial charge in [0.1, 0.15) is 11.8 Å². The Kier molecular flexibility index (Phi) is 12.6. The fourth-order valence-electron chi connectivity index (χ4n) is 5.75. The Hall–Kier alpha value is -3.27. The van der Waals surface area contributed by atoms with Gasteiger partial charge in [-0.15, -0.1) is 0 Å². The molecule has 0 radical (unpaired) electrons. The summed E-state index contributed by atoms with van der Waals surface area (Å²) < 4.78 is 32.2. The summed E-state index contributed by atoms with van der Waals surface area (Å²) in [5.74, 6) is -0.0574. The molecule has 8 nitrogen and oxygen atoms in total. The van der Waals surface area contributed by atoms with Crippen molar-refractivity contribution in [3.63, 3.8) is 0 Å². The van der Waals surface area contributed by atoms with Gasteiger partial charge >= 0.3 is 0 Å². The Balaban J connectivity index is 1.62. The molecule has 1 N–H and O–H groups in total. The molecule has 0 heterocycles. The summed E-state index contributed by atoms with van der Waals surface area (Å²) in [7, 11) is -2.19. The van der Waals surface area contributed by atoms with Crippen LogP contribution < -0.4 is 14.4 Å². The molecule has 4 rings (SSSR count). The highest BCUT2D eigenvalue weighted by molar-refractivity contribution is 7.92. The highest BCUT2D eigenvalue weighted by atomic mass is 35.5. The second-order valence-corrected chi connectivity index (χ2v) is 14.2. The molecule has 1 aliphatic rings. The number of benzene rings is 3. The van der Waals surface area contributed by atoms with Crippen LogP contribution in [0.25, 0.3) is 0 Å². The van der Waals surface area contributed by atoms with Crippen LogP contribution in [-0.2, 0) is 32.6 Å². The van der Waals surface area contributed by atoms with E-state index in [9.17, 15) is 18.0 Å². The number of ether oxygens (including phenoxy) is 1. The van der Waals surface area contributed by atoms with E-state index in [0.29, 0.717) is 27.9 Å². The smallest absolute Gasteiger partial charge is 0.243 e. The number of hydrogen-bond donors (Lipinski definition) is 1.